The van der Waals surface area contributed by atoms with E-state index in [2.05, 4.69) is 15.0 Å². The average Bonchev–Trinajstić information content (AvgIpc) is 3.65. The minimum atomic E-state index is -0.606. The predicted molar refractivity (Wildman–Crippen MR) is 145 cm³/mol. The summed E-state index contributed by atoms with van der Waals surface area (Å²) < 4.78 is 29.3. The Morgan fingerprint density at radius 3 is 2.74 bits per heavy atom. The average molecular weight is 534 g/mol. The Bertz CT molecular complexity index is 1590. The zero-order chi connectivity index (χ0) is 26.8. The van der Waals surface area contributed by atoms with E-state index in [1.54, 1.807) is 37.4 Å². The fourth-order valence-corrected chi connectivity index (χ4v) is 5.18. The van der Waals surface area contributed by atoms with E-state index < -0.39 is 12.1 Å². The van der Waals surface area contributed by atoms with E-state index in [1.807, 2.05) is 53.9 Å². The van der Waals surface area contributed by atoms with Crippen LogP contribution in [0.15, 0.2) is 67.3 Å². The summed E-state index contributed by atoms with van der Waals surface area (Å²) in [6.07, 6.45) is 6.99. The molecule has 0 saturated heterocycles. The summed E-state index contributed by atoms with van der Waals surface area (Å²) in [6.45, 7) is 3.46. The van der Waals surface area contributed by atoms with Crippen molar-refractivity contribution in [3.05, 3.63) is 83.5 Å². The highest BCUT2D eigenvalue weighted by Gasteiger charge is 2.23. The Kier molecular flexibility index (Phi) is 7.26. The maximum atomic E-state index is 14.3. The topological polar surface area (TPSA) is 73.9 Å². The van der Waals surface area contributed by atoms with Crippen LogP contribution >= 0.6 is 11.3 Å². The maximum absolute atomic E-state index is 14.3. The highest BCUT2D eigenvalue weighted by Crippen LogP contribution is 2.39. The van der Waals surface area contributed by atoms with Crippen molar-refractivity contribution in [3.63, 3.8) is 0 Å². The first-order chi connectivity index (χ1) is 18.3. The molecule has 0 aliphatic rings. The molecule has 0 bridgehead atoms. The van der Waals surface area contributed by atoms with Gasteiger partial charge in [-0.2, -0.15) is 5.10 Å². The van der Waals surface area contributed by atoms with Crippen LogP contribution in [0.3, 0.4) is 0 Å². The molecule has 38 heavy (non-hydrogen) atoms. The molecule has 0 amide bonds. The van der Waals surface area contributed by atoms with Crippen LogP contribution in [0.4, 0.5) is 4.39 Å². The van der Waals surface area contributed by atoms with E-state index in [9.17, 15) is 9.18 Å². The largest absolute Gasteiger partial charge is 0.484 e. The molecule has 1 unspecified atom stereocenters. The number of fused-ring (bicyclic) bond motifs is 1. The summed E-state index contributed by atoms with van der Waals surface area (Å²) in [6, 6.07) is 12.2. The monoisotopic (exact) mass is 533 g/mol. The third-order valence-electron chi connectivity index (χ3n) is 6.22. The number of imidazole rings is 1. The first-order valence-corrected chi connectivity index (χ1v) is 12.9. The number of benzene rings is 1. The third kappa shape index (κ3) is 5.18. The fourth-order valence-electron chi connectivity index (χ4n) is 4.16. The number of pyridine rings is 1. The second-order valence-electron chi connectivity index (χ2n) is 9.16. The SMILES string of the molecule is COC(=O)c1sc(-c2cnc3cc(-c4cnn(CCN(C)C)c4)ccn23)cc1OC(C)c1ccccc1F. The molecule has 4 heterocycles. The van der Waals surface area contributed by atoms with Crippen LogP contribution in [0.5, 0.6) is 5.75 Å². The molecule has 0 fully saturated rings. The Balaban J connectivity index is 1.44. The smallest absolute Gasteiger partial charge is 0.351 e. The maximum Gasteiger partial charge on any atom is 0.351 e. The summed E-state index contributed by atoms with van der Waals surface area (Å²) in [4.78, 5) is 20.4. The standard InChI is InChI=1S/C28H28FN5O3S/c1-18(21-7-5-6-8-22(21)29)37-24-14-25(38-27(24)28(35)36-4)23-16-30-26-13-19(9-10-34(23)26)20-15-31-33(17-20)12-11-32(2)3/h5-10,13-18H,11-12H2,1-4H3. The highest BCUT2D eigenvalue weighted by atomic mass is 32.1. The molecule has 196 valence electrons. The lowest BCUT2D eigenvalue weighted by Crippen LogP contribution is -2.18. The molecule has 5 rings (SSSR count). The van der Waals surface area contributed by atoms with Gasteiger partial charge in [0.2, 0.25) is 0 Å². The quantitative estimate of drug-likeness (QED) is 0.231. The van der Waals surface area contributed by atoms with E-state index in [1.165, 1.54) is 24.5 Å². The molecule has 4 aromatic heterocycles. The van der Waals surface area contributed by atoms with Crippen LogP contribution in [0, 0.1) is 5.82 Å². The van der Waals surface area contributed by atoms with Gasteiger partial charge in [0.15, 0.2) is 4.88 Å². The van der Waals surface area contributed by atoms with E-state index in [4.69, 9.17) is 9.47 Å². The number of aromatic nitrogens is 4. The molecule has 0 spiro atoms. The number of hydrogen-bond donors (Lipinski definition) is 0. The first-order valence-electron chi connectivity index (χ1n) is 12.1. The summed E-state index contributed by atoms with van der Waals surface area (Å²) in [5.74, 6) is -0.542. The zero-order valence-electron chi connectivity index (χ0n) is 21.6. The first kappa shape index (κ1) is 25.6. The molecule has 0 saturated carbocycles. The van der Waals surface area contributed by atoms with Crippen molar-refractivity contribution >= 4 is 23.0 Å². The van der Waals surface area contributed by atoms with Crippen LogP contribution < -0.4 is 4.74 Å². The molecule has 0 radical (unpaired) electrons. The molecule has 0 aliphatic carbocycles. The van der Waals surface area contributed by atoms with Crippen LogP contribution in [0.1, 0.15) is 28.3 Å². The molecule has 0 N–H and O–H groups in total. The minimum absolute atomic E-state index is 0.308. The van der Waals surface area contributed by atoms with Crippen molar-refractivity contribution in [3.8, 4) is 27.4 Å². The number of nitrogens with zero attached hydrogens (tertiary/aromatic N) is 5. The van der Waals surface area contributed by atoms with Gasteiger partial charge in [0.05, 0.1) is 36.6 Å². The molecule has 5 aromatic rings. The second kappa shape index (κ2) is 10.8. The van der Waals surface area contributed by atoms with Crippen molar-refractivity contribution in [1.82, 2.24) is 24.1 Å². The lowest BCUT2D eigenvalue weighted by molar-refractivity contribution is 0.0600. The number of rotatable bonds is 9. The summed E-state index contributed by atoms with van der Waals surface area (Å²) in [5.41, 5.74) is 3.99. The van der Waals surface area contributed by atoms with E-state index >= 15 is 0 Å². The number of ether oxygens (including phenoxy) is 2. The Morgan fingerprint density at radius 1 is 1.16 bits per heavy atom. The number of thiophene rings is 1. The lowest BCUT2D eigenvalue weighted by atomic mass is 10.1. The van der Waals surface area contributed by atoms with Gasteiger partial charge in [-0.25, -0.2) is 14.2 Å². The van der Waals surface area contributed by atoms with Crippen molar-refractivity contribution in [2.24, 2.45) is 0 Å². The summed E-state index contributed by atoms with van der Waals surface area (Å²) in [7, 11) is 5.40. The van der Waals surface area contributed by atoms with Crippen molar-refractivity contribution in [1.29, 1.82) is 0 Å². The number of hydrogen-bond acceptors (Lipinski definition) is 7. The van der Waals surface area contributed by atoms with Gasteiger partial charge in [0, 0.05) is 36.1 Å². The summed E-state index contributed by atoms with van der Waals surface area (Å²) in [5, 5.41) is 4.47. The number of methoxy groups -OCH3 is 1. The van der Waals surface area contributed by atoms with Gasteiger partial charge in [0.1, 0.15) is 23.3 Å². The molecule has 10 heteroatoms. The van der Waals surface area contributed by atoms with Crippen molar-refractivity contribution in [2.75, 3.05) is 27.7 Å². The number of likely N-dealkylation sites (N-methyl/N-ethyl adjacent to an activating group) is 1. The van der Waals surface area contributed by atoms with Crippen LogP contribution in [0.25, 0.3) is 27.3 Å². The number of carbonyl (C=O) groups excluding carboxylic acids is 1. The van der Waals surface area contributed by atoms with E-state index in [0.717, 1.165) is 40.4 Å². The van der Waals surface area contributed by atoms with Gasteiger partial charge in [-0.1, -0.05) is 18.2 Å². The van der Waals surface area contributed by atoms with Crippen LogP contribution in [-0.2, 0) is 11.3 Å². The molecule has 8 nitrogen and oxygen atoms in total. The molecule has 0 aliphatic heterocycles. The molecular formula is C28H28FN5O3S. The minimum Gasteiger partial charge on any atom is -0.484 e. The van der Waals surface area contributed by atoms with Crippen molar-refractivity contribution < 1.29 is 18.7 Å². The van der Waals surface area contributed by atoms with Gasteiger partial charge in [0.25, 0.3) is 0 Å². The zero-order valence-corrected chi connectivity index (χ0v) is 22.4. The Morgan fingerprint density at radius 2 is 1.97 bits per heavy atom. The van der Waals surface area contributed by atoms with Gasteiger partial charge >= 0.3 is 5.97 Å². The van der Waals surface area contributed by atoms with E-state index in [0.29, 0.717) is 16.2 Å². The van der Waals surface area contributed by atoms with Crippen LogP contribution in [0.2, 0.25) is 0 Å². The molecule has 1 aromatic carbocycles. The molecular weight excluding hydrogens is 505 g/mol. The van der Waals surface area contributed by atoms with Crippen LogP contribution in [-0.4, -0.2) is 57.8 Å². The number of halogens is 1. The van der Waals surface area contributed by atoms with Crippen molar-refractivity contribution in [2.45, 2.75) is 19.6 Å². The summed E-state index contributed by atoms with van der Waals surface area (Å²) >= 11 is 1.25. The van der Waals surface area contributed by atoms with Gasteiger partial charge in [-0.15, -0.1) is 11.3 Å². The second-order valence-corrected chi connectivity index (χ2v) is 10.2. The normalized spacial score (nSPS) is 12.3. The van der Waals surface area contributed by atoms with E-state index in [-0.39, 0.29) is 5.82 Å². The lowest BCUT2D eigenvalue weighted by Gasteiger charge is -2.15. The Hall–Kier alpha value is -4.02. The third-order valence-corrected chi connectivity index (χ3v) is 7.34. The Labute approximate surface area is 223 Å². The van der Waals surface area contributed by atoms with Gasteiger partial charge in [-0.3, -0.25) is 9.08 Å². The molecule has 1 atom stereocenters. The number of carbonyl (C=O) groups is 1. The van der Waals surface area contributed by atoms with Gasteiger partial charge < -0.3 is 14.4 Å². The predicted octanol–water partition coefficient (Wildman–Crippen LogP) is 5.55. The fraction of sp³-hybridized carbons (Fsp3) is 0.250. The highest BCUT2D eigenvalue weighted by molar-refractivity contribution is 7.17. The van der Waals surface area contributed by atoms with Gasteiger partial charge in [-0.05, 0) is 44.8 Å². The number of esters is 1.